The minimum atomic E-state index is 0.895. The molecule has 0 aromatic carbocycles. The van der Waals surface area contributed by atoms with E-state index >= 15 is 0 Å². The Hall–Kier alpha value is -0.890. The van der Waals surface area contributed by atoms with Crippen LogP contribution in [0.4, 0.5) is 0 Å². The first-order valence-corrected chi connectivity index (χ1v) is 4.56. The van der Waals surface area contributed by atoms with Gasteiger partial charge in [-0.3, -0.25) is 4.98 Å². The zero-order chi connectivity index (χ0) is 8.23. The van der Waals surface area contributed by atoms with Crippen molar-refractivity contribution < 1.29 is 0 Å². The van der Waals surface area contributed by atoms with E-state index in [-0.39, 0.29) is 0 Å². The van der Waals surface area contributed by atoms with Crippen LogP contribution in [0.25, 0.3) is 0 Å². The molecule has 2 nitrogen and oxygen atoms in total. The summed E-state index contributed by atoms with van der Waals surface area (Å²) in [7, 11) is 0. The fraction of sp³-hybridized carbons (Fsp3) is 0.500. The van der Waals surface area contributed by atoms with Gasteiger partial charge in [-0.15, -0.1) is 0 Å². The second kappa shape index (κ2) is 3.68. The Bertz CT molecular complexity index is 229. The van der Waals surface area contributed by atoms with Crippen LogP contribution in [0.3, 0.4) is 0 Å². The van der Waals surface area contributed by atoms with Crippen LogP contribution < -0.4 is 5.32 Å². The smallest absolute Gasteiger partial charge is 0.0403 e. The fourth-order valence-corrected chi connectivity index (χ4v) is 1.45. The summed E-state index contributed by atoms with van der Waals surface area (Å²) in [5.74, 6) is 0.895. The molecule has 0 saturated carbocycles. The van der Waals surface area contributed by atoms with E-state index in [2.05, 4.69) is 22.4 Å². The number of aromatic nitrogens is 1. The van der Waals surface area contributed by atoms with Crippen molar-refractivity contribution in [1.82, 2.24) is 10.3 Å². The molecule has 0 radical (unpaired) electrons. The summed E-state index contributed by atoms with van der Waals surface area (Å²) in [5.41, 5.74) is 1.23. The van der Waals surface area contributed by atoms with E-state index in [9.17, 15) is 0 Å². The van der Waals surface area contributed by atoms with Crippen LogP contribution in [0.1, 0.15) is 12.1 Å². The molecule has 1 saturated heterocycles. The molecule has 0 aliphatic carbocycles. The van der Waals surface area contributed by atoms with Gasteiger partial charge in [0, 0.05) is 11.9 Å². The number of rotatable bonds is 3. The number of pyridine rings is 1. The van der Waals surface area contributed by atoms with Gasteiger partial charge in [0.1, 0.15) is 0 Å². The van der Waals surface area contributed by atoms with Crippen molar-refractivity contribution in [2.75, 3.05) is 13.1 Å². The largest absolute Gasteiger partial charge is 0.316 e. The maximum atomic E-state index is 4.29. The molecule has 1 aliphatic heterocycles. The van der Waals surface area contributed by atoms with Gasteiger partial charge >= 0.3 is 0 Å². The van der Waals surface area contributed by atoms with Crippen LogP contribution in [-0.2, 0) is 6.42 Å². The predicted molar refractivity (Wildman–Crippen MR) is 48.9 cm³/mol. The summed E-state index contributed by atoms with van der Waals surface area (Å²) in [5, 5.41) is 3.28. The van der Waals surface area contributed by atoms with Crippen LogP contribution >= 0.6 is 0 Å². The normalized spacial score (nSPS) is 17.3. The highest BCUT2D eigenvalue weighted by atomic mass is 14.9. The lowest BCUT2D eigenvalue weighted by atomic mass is 9.96. The number of hydrogen-bond donors (Lipinski definition) is 1. The second-order valence-corrected chi connectivity index (χ2v) is 3.38. The molecule has 0 bridgehead atoms. The van der Waals surface area contributed by atoms with Crippen molar-refractivity contribution >= 4 is 0 Å². The zero-order valence-corrected chi connectivity index (χ0v) is 7.16. The molecule has 1 aromatic heterocycles. The van der Waals surface area contributed by atoms with Crippen molar-refractivity contribution in [3.05, 3.63) is 30.1 Å². The maximum absolute atomic E-state index is 4.29. The molecule has 64 valence electrons. The van der Waals surface area contributed by atoms with Crippen molar-refractivity contribution in [3.8, 4) is 0 Å². The summed E-state index contributed by atoms with van der Waals surface area (Å²) in [6.07, 6.45) is 4.28. The SMILES string of the molecule is c1ccc(CCC2CNC2)nc1. The van der Waals surface area contributed by atoms with E-state index in [0.29, 0.717) is 0 Å². The van der Waals surface area contributed by atoms with Crippen molar-refractivity contribution in [2.24, 2.45) is 5.92 Å². The van der Waals surface area contributed by atoms with Gasteiger partial charge in [-0.2, -0.15) is 0 Å². The summed E-state index contributed by atoms with van der Waals surface area (Å²) >= 11 is 0. The van der Waals surface area contributed by atoms with E-state index in [1.807, 2.05) is 12.3 Å². The third kappa shape index (κ3) is 1.83. The third-order valence-corrected chi connectivity index (χ3v) is 2.40. The minimum absolute atomic E-state index is 0.895. The topological polar surface area (TPSA) is 24.9 Å². The van der Waals surface area contributed by atoms with Crippen LogP contribution in [0, 0.1) is 5.92 Å². The molecule has 12 heavy (non-hydrogen) atoms. The highest BCUT2D eigenvalue weighted by Crippen LogP contribution is 2.11. The Morgan fingerprint density at radius 3 is 2.92 bits per heavy atom. The van der Waals surface area contributed by atoms with Gasteiger partial charge < -0.3 is 5.32 Å². The van der Waals surface area contributed by atoms with Crippen LogP contribution in [0.2, 0.25) is 0 Å². The van der Waals surface area contributed by atoms with E-state index in [1.54, 1.807) is 0 Å². The molecule has 0 amide bonds. The standard InChI is InChI=1S/C10H14N2/c1-2-6-12-10(3-1)5-4-9-7-11-8-9/h1-3,6,9,11H,4-5,7-8H2. The highest BCUT2D eigenvalue weighted by Gasteiger charge is 2.15. The summed E-state index contributed by atoms with van der Waals surface area (Å²) in [4.78, 5) is 4.29. The summed E-state index contributed by atoms with van der Waals surface area (Å²) in [6.45, 7) is 2.40. The van der Waals surface area contributed by atoms with Gasteiger partial charge in [0.2, 0.25) is 0 Å². The van der Waals surface area contributed by atoms with E-state index in [1.165, 1.54) is 25.2 Å². The molecular weight excluding hydrogens is 148 g/mol. The minimum Gasteiger partial charge on any atom is -0.316 e. The van der Waals surface area contributed by atoms with Gasteiger partial charge in [0.15, 0.2) is 0 Å². The van der Waals surface area contributed by atoms with Gasteiger partial charge in [-0.25, -0.2) is 0 Å². The highest BCUT2D eigenvalue weighted by molar-refractivity contribution is 5.03. The lowest BCUT2D eigenvalue weighted by Gasteiger charge is -2.26. The van der Waals surface area contributed by atoms with Crippen LogP contribution in [0.15, 0.2) is 24.4 Å². The van der Waals surface area contributed by atoms with Gasteiger partial charge in [-0.1, -0.05) is 6.07 Å². The van der Waals surface area contributed by atoms with E-state index in [4.69, 9.17) is 0 Å². The fourth-order valence-electron chi connectivity index (χ4n) is 1.45. The number of nitrogens with zero attached hydrogens (tertiary/aromatic N) is 1. The first kappa shape index (κ1) is 7.74. The molecule has 1 N–H and O–H groups in total. The molecule has 1 aliphatic rings. The number of aryl methyl sites for hydroxylation is 1. The van der Waals surface area contributed by atoms with Gasteiger partial charge in [0.05, 0.1) is 0 Å². The Balaban J connectivity index is 1.79. The predicted octanol–water partition coefficient (Wildman–Crippen LogP) is 1.23. The van der Waals surface area contributed by atoms with E-state index < -0.39 is 0 Å². The second-order valence-electron chi connectivity index (χ2n) is 3.38. The molecule has 0 spiro atoms. The Kier molecular flexibility index (Phi) is 2.37. The van der Waals surface area contributed by atoms with Gasteiger partial charge in [-0.05, 0) is 44.0 Å². The molecule has 1 aromatic rings. The Morgan fingerprint density at radius 1 is 1.42 bits per heavy atom. The molecule has 1 fully saturated rings. The van der Waals surface area contributed by atoms with Crippen molar-refractivity contribution in [1.29, 1.82) is 0 Å². The lowest BCUT2D eigenvalue weighted by Crippen LogP contribution is -2.42. The molecule has 0 unspecified atom stereocenters. The van der Waals surface area contributed by atoms with E-state index in [0.717, 1.165) is 12.3 Å². The summed E-state index contributed by atoms with van der Waals surface area (Å²) < 4.78 is 0. The lowest BCUT2D eigenvalue weighted by molar-refractivity contribution is 0.327. The Morgan fingerprint density at radius 2 is 2.33 bits per heavy atom. The molecular formula is C10H14N2. The molecule has 0 atom stereocenters. The quantitative estimate of drug-likeness (QED) is 0.723. The first-order chi connectivity index (χ1) is 5.95. The van der Waals surface area contributed by atoms with Gasteiger partial charge in [0.25, 0.3) is 0 Å². The molecule has 2 heteroatoms. The number of nitrogens with one attached hydrogen (secondary N) is 1. The molecule has 2 heterocycles. The average molecular weight is 162 g/mol. The first-order valence-electron chi connectivity index (χ1n) is 4.56. The van der Waals surface area contributed by atoms with Crippen LogP contribution in [-0.4, -0.2) is 18.1 Å². The average Bonchev–Trinajstić information content (AvgIpc) is 2.04. The summed E-state index contributed by atoms with van der Waals surface area (Å²) in [6, 6.07) is 6.13. The zero-order valence-electron chi connectivity index (χ0n) is 7.16. The maximum Gasteiger partial charge on any atom is 0.0403 e. The Labute approximate surface area is 73.0 Å². The third-order valence-electron chi connectivity index (χ3n) is 2.40. The number of hydrogen-bond acceptors (Lipinski definition) is 2. The monoisotopic (exact) mass is 162 g/mol. The van der Waals surface area contributed by atoms with Crippen LogP contribution in [0.5, 0.6) is 0 Å². The van der Waals surface area contributed by atoms with Crippen molar-refractivity contribution in [2.45, 2.75) is 12.8 Å². The molecule has 2 rings (SSSR count). The van der Waals surface area contributed by atoms with Crippen molar-refractivity contribution in [3.63, 3.8) is 0 Å².